The van der Waals surface area contributed by atoms with E-state index in [1.807, 2.05) is 0 Å². The number of aliphatic imine (C=N–C) groups is 1. The van der Waals surface area contributed by atoms with Gasteiger partial charge in [-0.05, 0) is 69.0 Å². The van der Waals surface area contributed by atoms with Gasteiger partial charge in [-0.1, -0.05) is 58.8 Å². The highest BCUT2D eigenvalue weighted by Crippen LogP contribution is 2.30. The van der Waals surface area contributed by atoms with E-state index in [2.05, 4.69) is 29.0 Å². The Hall–Kier alpha value is -0.840. The van der Waals surface area contributed by atoms with Crippen LogP contribution in [-0.2, 0) is 0 Å². The average molecular weight is 461 g/mol. The first-order valence-electron chi connectivity index (χ1n) is 14.0. The van der Waals surface area contributed by atoms with Crippen LogP contribution < -0.4 is 5.32 Å². The van der Waals surface area contributed by atoms with Crippen molar-refractivity contribution in [3.63, 3.8) is 0 Å². The zero-order chi connectivity index (χ0) is 22.3. The summed E-state index contributed by atoms with van der Waals surface area (Å²) in [5, 5.41) is 4.91. The molecule has 0 bridgehead atoms. The second-order valence-electron chi connectivity index (χ2n) is 11.5. The molecule has 2 atom stereocenters. The van der Waals surface area contributed by atoms with Gasteiger partial charge in [0.25, 0.3) is 0 Å². The molecule has 2 heterocycles. The maximum Gasteiger partial charge on any atom is 0.171 e. The van der Waals surface area contributed by atoms with Crippen molar-refractivity contribution in [1.29, 1.82) is 0 Å². The van der Waals surface area contributed by atoms with E-state index < -0.39 is 0 Å². The summed E-state index contributed by atoms with van der Waals surface area (Å²) in [6.07, 6.45) is 19.1. The van der Waals surface area contributed by atoms with E-state index in [1.54, 1.807) is 0 Å². The molecule has 1 N–H and O–H groups in total. The van der Waals surface area contributed by atoms with Crippen LogP contribution in [0.1, 0.15) is 104 Å². The second-order valence-corrected chi connectivity index (χ2v) is 11.9. The van der Waals surface area contributed by atoms with Crippen molar-refractivity contribution in [1.82, 2.24) is 15.1 Å². The summed E-state index contributed by atoms with van der Waals surface area (Å²) < 4.78 is 0. The molecule has 4 nitrogen and oxygen atoms in total. The fourth-order valence-electron chi connectivity index (χ4n) is 6.59. The van der Waals surface area contributed by atoms with Crippen molar-refractivity contribution in [3.05, 3.63) is 0 Å². The quantitative estimate of drug-likeness (QED) is 0.302. The van der Waals surface area contributed by atoms with Gasteiger partial charge in [0.1, 0.15) is 0 Å². The van der Waals surface area contributed by atoms with Crippen molar-refractivity contribution < 1.29 is 0 Å². The van der Waals surface area contributed by atoms with Crippen molar-refractivity contribution in [2.24, 2.45) is 22.7 Å². The summed E-state index contributed by atoms with van der Waals surface area (Å²) in [7, 11) is 0. The van der Waals surface area contributed by atoms with Crippen LogP contribution in [-0.4, -0.2) is 59.0 Å². The Morgan fingerprint density at radius 2 is 1.72 bits per heavy atom. The largest absolute Gasteiger partial charge is 0.369 e. The summed E-state index contributed by atoms with van der Waals surface area (Å²) in [6.45, 7) is 9.20. The lowest BCUT2D eigenvalue weighted by Crippen LogP contribution is -2.37. The maximum atomic E-state index is 6.01. The zero-order valence-electron chi connectivity index (χ0n) is 20.9. The van der Waals surface area contributed by atoms with E-state index >= 15 is 0 Å². The van der Waals surface area contributed by atoms with Crippen LogP contribution in [0.25, 0.3) is 0 Å². The molecule has 0 aromatic heterocycles. The minimum atomic E-state index is 0.580. The van der Waals surface area contributed by atoms with E-state index in [0.717, 1.165) is 42.5 Å². The topological polar surface area (TPSA) is 30.9 Å². The number of thiocarbonyl (C=S) groups is 1. The van der Waals surface area contributed by atoms with Gasteiger partial charge in [0.05, 0.1) is 12.4 Å². The van der Waals surface area contributed by atoms with Crippen molar-refractivity contribution >= 4 is 23.2 Å². The molecule has 32 heavy (non-hydrogen) atoms. The van der Waals surface area contributed by atoms with Crippen LogP contribution in [0.15, 0.2) is 4.99 Å². The molecule has 2 aliphatic carbocycles. The molecule has 2 saturated carbocycles. The average Bonchev–Trinajstić information content (AvgIpc) is 3.52. The minimum Gasteiger partial charge on any atom is -0.369 e. The number of hydrogen-bond donors (Lipinski definition) is 1. The molecule has 0 aromatic carbocycles. The van der Waals surface area contributed by atoms with Gasteiger partial charge < -0.3 is 15.1 Å². The molecule has 3 fully saturated rings. The van der Waals surface area contributed by atoms with Gasteiger partial charge in [0, 0.05) is 37.6 Å². The third kappa shape index (κ3) is 6.61. The molecule has 0 aromatic rings. The third-order valence-electron chi connectivity index (χ3n) is 8.44. The van der Waals surface area contributed by atoms with Crippen LogP contribution in [0, 0.1) is 17.8 Å². The first-order valence-corrected chi connectivity index (χ1v) is 14.4. The van der Waals surface area contributed by atoms with Crippen LogP contribution in [0.5, 0.6) is 0 Å². The lowest BCUT2D eigenvalue weighted by atomic mass is 9.87. The number of unbranched alkanes of at least 4 members (excludes halogenated alkanes) is 1. The highest BCUT2D eigenvalue weighted by molar-refractivity contribution is 7.80. The Balaban J connectivity index is 1.18. The molecular weight excluding hydrogens is 412 g/mol. The molecule has 0 radical (unpaired) electrons. The van der Waals surface area contributed by atoms with E-state index in [9.17, 15) is 0 Å². The molecule has 5 heteroatoms. The Kier molecular flexibility index (Phi) is 9.14. The molecule has 0 unspecified atom stereocenters. The lowest BCUT2D eigenvalue weighted by molar-refractivity contribution is 0.256. The maximum absolute atomic E-state index is 6.01. The molecule has 0 spiro atoms. The van der Waals surface area contributed by atoms with E-state index in [0.29, 0.717) is 12.1 Å². The van der Waals surface area contributed by atoms with Gasteiger partial charge in [0.2, 0.25) is 0 Å². The predicted octanol–water partition coefficient (Wildman–Crippen LogP) is 6.00. The number of rotatable bonds is 11. The first-order chi connectivity index (χ1) is 15.6. The smallest absolute Gasteiger partial charge is 0.171 e. The van der Waals surface area contributed by atoms with Gasteiger partial charge >= 0.3 is 0 Å². The molecule has 4 aliphatic rings. The Bertz CT molecular complexity index is 621. The first kappa shape index (κ1) is 24.3. The summed E-state index contributed by atoms with van der Waals surface area (Å²) in [5.41, 5.74) is 0. The minimum absolute atomic E-state index is 0.580. The van der Waals surface area contributed by atoms with Gasteiger partial charge in [-0.3, -0.25) is 4.99 Å². The second kappa shape index (κ2) is 12.0. The van der Waals surface area contributed by atoms with Crippen molar-refractivity contribution in [2.75, 3.05) is 26.2 Å². The SMILES string of the molecule is CC(C)C[C@@H]1CN(CCCC[C@H]2CN=C(C3CCCC3)N2)C(=S)N1CCC1CCCCC1. The van der Waals surface area contributed by atoms with Crippen molar-refractivity contribution in [2.45, 2.75) is 116 Å². The summed E-state index contributed by atoms with van der Waals surface area (Å²) >= 11 is 6.01. The summed E-state index contributed by atoms with van der Waals surface area (Å²) in [6, 6.07) is 1.21. The Morgan fingerprint density at radius 3 is 2.47 bits per heavy atom. The lowest BCUT2D eigenvalue weighted by Gasteiger charge is -2.29. The monoisotopic (exact) mass is 460 g/mol. The standard InChI is InChI=1S/C27H48N4S/c1-21(2)18-25-20-30(27(32)31(25)17-15-22-10-4-3-5-11-22)16-9-8-14-24-19-28-26(29-24)23-12-6-7-13-23/h21-25H,3-20H2,1-2H3,(H,28,29)/t24-,25+/m0/s1. The van der Waals surface area contributed by atoms with Crippen LogP contribution in [0.4, 0.5) is 0 Å². The fourth-order valence-corrected chi connectivity index (χ4v) is 7.00. The van der Waals surface area contributed by atoms with Gasteiger partial charge in [-0.15, -0.1) is 0 Å². The number of nitrogens with one attached hydrogen (secondary N) is 1. The third-order valence-corrected chi connectivity index (χ3v) is 8.93. The molecule has 4 rings (SSSR count). The number of nitrogens with zero attached hydrogens (tertiary/aromatic N) is 3. The highest BCUT2D eigenvalue weighted by atomic mass is 32.1. The van der Waals surface area contributed by atoms with Gasteiger partial charge in [-0.25, -0.2) is 0 Å². The fraction of sp³-hybridized carbons (Fsp3) is 0.926. The molecule has 2 aliphatic heterocycles. The van der Waals surface area contributed by atoms with E-state index in [4.69, 9.17) is 17.2 Å². The van der Waals surface area contributed by atoms with Crippen molar-refractivity contribution in [3.8, 4) is 0 Å². The van der Waals surface area contributed by atoms with Crippen LogP contribution >= 0.6 is 12.2 Å². The van der Waals surface area contributed by atoms with Crippen LogP contribution in [0.2, 0.25) is 0 Å². The molecular formula is C27H48N4S. The number of hydrogen-bond acceptors (Lipinski definition) is 3. The normalized spacial score (nSPS) is 27.6. The number of amidine groups is 1. The highest BCUT2D eigenvalue weighted by Gasteiger charge is 2.34. The molecule has 182 valence electrons. The van der Waals surface area contributed by atoms with Gasteiger partial charge in [0.15, 0.2) is 5.11 Å². The molecule has 1 saturated heterocycles. The van der Waals surface area contributed by atoms with E-state index in [-0.39, 0.29) is 0 Å². The predicted molar refractivity (Wildman–Crippen MR) is 140 cm³/mol. The summed E-state index contributed by atoms with van der Waals surface area (Å²) in [5.74, 6) is 3.75. The summed E-state index contributed by atoms with van der Waals surface area (Å²) in [4.78, 5) is 9.99. The Morgan fingerprint density at radius 1 is 0.969 bits per heavy atom. The Labute approximate surface area is 203 Å². The zero-order valence-corrected chi connectivity index (χ0v) is 21.7. The van der Waals surface area contributed by atoms with Crippen LogP contribution in [0.3, 0.4) is 0 Å². The molecule has 0 amide bonds. The van der Waals surface area contributed by atoms with Gasteiger partial charge in [-0.2, -0.15) is 0 Å². The van der Waals surface area contributed by atoms with E-state index in [1.165, 1.54) is 102 Å².